The van der Waals surface area contributed by atoms with E-state index in [1.165, 1.54) is 7.11 Å². The van der Waals surface area contributed by atoms with Gasteiger partial charge in [0.15, 0.2) is 11.5 Å². The molecule has 1 aromatic carbocycles. The zero-order chi connectivity index (χ0) is 14.7. The van der Waals surface area contributed by atoms with Gasteiger partial charge in [0.25, 0.3) is 0 Å². The molecule has 1 aliphatic rings. The Bertz CT molecular complexity index is 497. The average molecular weight is 280 g/mol. The zero-order valence-corrected chi connectivity index (χ0v) is 11.8. The summed E-state index contributed by atoms with van der Waals surface area (Å²) in [4.78, 5) is 11.3. The largest absolute Gasteiger partial charge is 0.493 e. The fourth-order valence-corrected chi connectivity index (χ4v) is 2.74. The molecule has 1 aromatic rings. The van der Waals surface area contributed by atoms with Crippen LogP contribution in [0.1, 0.15) is 36.5 Å². The van der Waals surface area contributed by atoms with Crippen LogP contribution in [0.3, 0.4) is 0 Å². The van der Waals surface area contributed by atoms with Gasteiger partial charge in [0.2, 0.25) is 0 Å². The van der Waals surface area contributed by atoms with Gasteiger partial charge in [-0.1, -0.05) is 6.42 Å². The van der Waals surface area contributed by atoms with E-state index in [0.717, 1.165) is 24.8 Å². The first-order valence-corrected chi connectivity index (χ1v) is 6.74. The summed E-state index contributed by atoms with van der Waals surface area (Å²) >= 11 is 0. The third-order valence-corrected chi connectivity index (χ3v) is 3.87. The normalized spacial score (nSPS) is 22.4. The van der Waals surface area contributed by atoms with Crippen LogP contribution in [0.2, 0.25) is 0 Å². The fourth-order valence-electron chi connectivity index (χ4n) is 2.74. The average Bonchev–Trinajstić information content (AvgIpc) is 2.43. The van der Waals surface area contributed by atoms with Crippen molar-refractivity contribution in [3.8, 4) is 11.5 Å². The number of carbonyl (C=O) groups is 1. The molecule has 0 saturated carbocycles. The number of aliphatic carboxylic acids is 1. The van der Waals surface area contributed by atoms with Gasteiger partial charge >= 0.3 is 5.97 Å². The van der Waals surface area contributed by atoms with E-state index in [9.17, 15) is 15.0 Å². The third-order valence-electron chi connectivity index (χ3n) is 3.87. The number of rotatable bonds is 3. The van der Waals surface area contributed by atoms with Crippen LogP contribution in [-0.2, 0) is 11.2 Å². The summed E-state index contributed by atoms with van der Waals surface area (Å²) in [5.74, 6) is -0.617. The van der Waals surface area contributed by atoms with E-state index in [4.69, 9.17) is 9.47 Å². The van der Waals surface area contributed by atoms with Gasteiger partial charge in [0.1, 0.15) is 0 Å². The Kier molecular flexibility index (Phi) is 4.49. The van der Waals surface area contributed by atoms with Crippen molar-refractivity contribution in [2.75, 3.05) is 14.2 Å². The number of methoxy groups -OCH3 is 2. The molecule has 2 unspecified atom stereocenters. The summed E-state index contributed by atoms with van der Waals surface area (Å²) in [6.45, 7) is 0. The third kappa shape index (κ3) is 2.72. The van der Waals surface area contributed by atoms with Crippen LogP contribution in [0.15, 0.2) is 12.1 Å². The highest BCUT2D eigenvalue weighted by Crippen LogP contribution is 2.38. The second kappa shape index (κ2) is 6.13. The second-order valence-corrected chi connectivity index (χ2v) is 5.04. The van der Waals surface area contributed by atoms with Gasteiger partial charge in [-0.15, -0.1) is 0 Å². The fraction of sp³-hybridized carbons (Fsp3) is 0.533. The molecule has 0 heterocycles. The minimum atomic E-state index is -1.01. The topological polar surface area (TPSA) is 76.0 Å². The Labute approximate surface area is 118 Å². The lowest BCUT2D eigenvalue weighted by Crippen LogP contribution is -2.24. The summed E-state index contributed by atoms with van der Waals surface area (Å²) in [5.41, 5.74) is 1.57. The Hall–Kier alpha value is -1.75. The van der Waals surface area contributed by atoms with E-state index in [2.05, 4.69) is 0 Å². The lowest BCUT2D eigenvalue weighted by atomic mass is 9.84. The molecule has 2 N–H and O–H groups in total. The summed E-state index contributed by atoms with van der Waals surface area (Å²) < 4.78 is 10.5. The number of aliphatic hydroxyl groups excluding tert-OH is 1. The van der Waals surface area contributed by atoms with Gasteiger partial charge < -0.3 is 19.7 Å². The van der Waals surface area contributed by atoms with Crippen LogP contribution < -0.4 is 9.47 Å². The molecule has 0 amide bonds. The molecule has 110 valence electrons. The molecule has 0 bridgehead atoms. The van der Waals surface area contributed by atoms with Crippen molar-refractivity contribution in [1.29, 1.82) is 0 Å². The SMILES string of the molecule is COc1cc2c(cc1OC)C(O)C(C(=O)O)CCCC2. The highest BCUT2D eigenvalue weighted by atomic mass is 16.5. The van der Waals surface area contributed by atoms with E-state index in [1.807, 2.05) is 6.07 Å². The number of carboxylic acid groups (broad SMARTS) is 1. The van der Waals surface area contributed by atoms with Crippen molar-refractivity contribution < 1.29 is 24.5 Å². The number of ether oxygens (including phenoxy) is 2. The van der Waals surface area contributed by atoms with Crippen LogP contribution in [0.25, 0.3) is 0 Å². The summed E-state index contributed by atoms with van der Waals surface area (Å²) in [5, 5.41) is 19.7. The number of hydrogen-bond acceptors (Lipinski definition) is 4. The van der Waals surface area contributed by atoms with Crippen molar-refractivity contribution in [3.05, 3.63) is 23.3 Å². The Morgan fingerprint density at radius 2 is 1.85 bits per heavy atom. The number of carboxylic acids is 1. The van der Waals surface area contributed by atoms with Crippen LogP contribution in [0.4, 0.5) is 0 Å². The number of aliphatic hydroxyl groups is 1. The number of aryl methyl sites for hydroxylation is 1. The molecule has 0 aliphatic heterocycles. The predicted octanol–water partition coefficient (Wildman–Crippen LogP) is 2.16. The number of benzene rings is 1. The van der Waals surface area contributed by atoms with Crippen LogP contribution in [0.5, 0.6) is 11.5 Å². The second-order valence-electron chi connectivity index (χ2n) is 5.04. The molecule has 0 fully saturated rings. The Morgan fingerprint density at radius 3 is 2.45 bits per heavy atom. The molecule has 5 heteroatoms. The maximum Gasteiger partial charge on any atom is 0.309 e. The van der Waals surface area contributed by atoms with E-state index < -0.39 is 18.0 Å². The predicted molar refractivity (Wildman–Crippen MR) is 73.2 cm³/mol. The summed E-state index contributed by atoms with van der Waals surface area (Å²) in [7, 11) is 3.08. The molecule has 1 aliphatic carbocycles. The van der Waals surface area contributed by atoms with Crippen molar-refractivity contribution in [1.82, 2.24) is 0 Å². The Morgan fingerprint density at radius 1 is 1.20 bits per heavy atom. The minimum Gasteiger partial charge on any atom is -0.493 e. The molecular formula is C15H20O5. The first kappa shape index (κ1) is 14.7. The van der Waals surface area contributed by atoms with Crippen molar-refractivity contribution >= 4 is 5.97 Å². The van der Waals surface area contributed by atoms with Gasteiger partial charge in [-0.05, 0) is 42.5 Å². The highest BCUT2D eigenvalue weighted by Gasteiger charge is 2.31. The zero-order valence-electron chi connectivity index (χ0n) is 11.8. The minimum absolute atomic E-state index is 0.490. The highest BCUT2D eigenvalue weighted by molar-refractivity contribution is 5.71. The molecule has 0 radical (unpaired) electrons. The van der Waals surface area contributed by atoms with Crippen molar-refractivity contribution in [2.24, 2.45) is 5.92 Å². The molecular weight excluding hydrogens is 260 g/mol. The number of hydrogen-bond donors (Lipinski definition) is 2. The monoisotopic (exact) mass is 280 g/mol. The van der Waals surface area contributed by atoms with Crippen LogP contribution in [-0.4, -0.2) is 30.4 Å². The standard InChI is InChI=1S/C15H20O5/c1-19-12-7-9-5-3-4-6-10(15(17)18)14(16)11(9)8-13(12)20-2/h7-8,10,14,16H,3-6H2,1-2H3,(H,17,18). The maximum absolute atomic E-state index is 11.3. The molecule has 0 saturated heterocycles. The quantitative estimate of drug-likeness (QED) is 0.887. The molecule has 2 atom stereocenters. The summed E-state index contributed by atoms with van der Waals surface area (Å²) in [6.07, 6.45) is 1.98. The molecule has 0 aromatic heterocycles. The van der Waals surface area contributed by atoms with Crippen LogP contribution >= 0.6 is 0 Å². The van der Waals surface area contributed by atoms with Gasteiger partial charge in [-0.3, -0.25) is 4.79 Å². The molecule has 5 nitrogen and oxygen atoms in total. The van der Waals surface area contributed by atoms with Crippen molar-refractivity contribution in [2.45, 2.75) is 31.8 Å². The van der Waals surface area contributed by atoms with E-state index in [-0.39, 0.29) is 0 Å². The molecule has 2 rings (SSSR count). The van der Waals surface area contributed by atoms with E-state index >= 15 is 0 Å². The first-order chi connectivity index (χ1) is 9.58. The molecule has 0 spiro atoms. The molecule has 20 heavy (non-hydrogen) atoms. The number of fused-ring (bicyclic) bond motifs is 1. The Balaban J connectivity index is 2.49. The maximum atomic E-state index is 11.3. The van der Waals surface area contributed by atoms with Gasteiger partial charge in [-0.25, -0.2) is 0 Å². The lowest BCUT2D eigenvalue weighted by molar-refractivity contribution is -0.146. The van der Waals surface area contributed by atoms with Gasteiger partial charge in [-0.2, -0.15) is 0 Å². The van der Waals surface area contributed by atoms with Gasteiger partial charge in [0, 0.05) is 0 Å². The van der Waals surface area contributed by atoms with Crippen LogP contribution in [0, 0.1) is 5.92 Å². The van der Waals surface area contributed by atoms with Crippen molar-refractivity contribution in [3.63, 3.8) is 0 Å². The van der Waals surface area contributed by atoms with E-state index in [1.54, 1.807) is 13.2 Å². The van der Waals surface area contributed by atoms with Gasteiger partial charge in [0.05, 0.1) is 26.2 Å². The summed E-state index contributed by atoms with van der Waals surface area (Å²) in [6, 6.07) is 3.53. The first-order valence-electron chi connectivity index (χ1n) is 6.74. The van der Waals surface area contributed by atoms with E-state index in [0.29, 0.717) is 23.5 Å². The smallest absolute Gasteiger partial charge is 0.309 e. The lowest BCUT2D eigenvalue weighted by Gasteiger charge is -2.25.